The van der Waals surface area contributed by atoms with E-state index in [1.807, 2.05) is 38.2 Å². The molecule has 0 saturated carbocycles. The number of ether oxygens (including phenoxy) is 1. The van der Waals surface area contributed by atoms with Crippen molar-refractivity contribution in [1.82, 2.24) is 19.7 Å². The van der Waals surface area contributed by atoms with Gasteiger partial charge in [-0.2, -0.15) is 26.3 Å². The first-order chi connectivity index (χ1) is 21.8. The fraction of sp³-hybridized carbons (Fsp3) is 0.500. The van der Waals surface area contributed by atoms with E-state index >= 15 is 0 Å². The molecule has 2 aromatic carbocycles. The van der Waals surface area contributed by atoms with Gasteiger partial charge in [-0.25, -0.2) is 0 Å². The van der Waals surface area contributed by atoms with Crippen molar-refractivity contribution >= 4 is 22.5 Å². The Hall–Kier alpha value is -3.62. The lowest BCUT2D eigenvalue weighted by atomic mass is 9.98. The maximum Gasteiger partial charge on any atom is 0.416 e. The summed E-state index contributed by atoms with van der Waals surface area (Å²) in [4.78, 5) is 28.2. The number of aromatic amines is 1. The van der Waals surface area contributed by atoms with Gasteiger partial charge in [0.05, 0.1) is 30.1 Å². The Kier molecular flexibility index (Phi) is 10.3. The van der Waals surface area contributed by atoms with Gasteiger partial charge in [0.25, 0.3) is 5.91 Å². The SMILES string of the molecule is C/C(CN1CCN(C(=O)c2cc(C(F)(F)F)cc(C(F)(F)F)c2)C(Cc2c[nH]c3ccc(C)cc23)C1)=N\OCCN1CCOCC1. The standard InChI is InChI=1S/C32H37F6N5O3/c1-21-3-4-29-28(13-21)24(18-39-29)16-27-20-42(19-22(2)40-46-12-9-41-7-10-45-11-8-41)5-6-43(27)30(44)23-14-25(31(33,34)35)17-26(15-23)32(36,37)38/h3-4,13-15,17-18,27,39H,5-12,16,19-20H2,1-2H3/b40-22+. The molecule has 2 aliphatic heterocycles. The number of oxime groups is 1. The van der Waals surface area contributed by atoms with E-state index in [0.717, 1.165) is 41.7 Å². The molecule has 2 fully saturated rings. The Labute approximate surface area is 262 Å². The molecule has 0 radical (unpaired) electrons. The Morgan fingerprint density at radius 1 is 0.978 bits per heavy atom. The molecule has 0 aliphatic carbocycles. The third kappa shape index (κ3) is 8.39. The number of alkyl halides is 6. The minimum atomic E-state index is -5.06. The van der Waals surface area contributed by atoms with E-state index in [2.05, 4.69) is 19.9 Å². The van der Waals surface area contributed by atoms with Gasteiger partial charge in [0.2, 0.25) is 0 Å². The summed E-state index contributed by atoms with van der Waals surface area (Å²) in [5, 5.41) is 5.18. The van der Waals surface area contributed by atoms with E-state index in [0.29, 0.717) is 63.7 Å². The molecule has 250 valence electrons. The first-order valence-corrected chi connectivity index (χ1v) is 15.1. The largest absolute Gasteiger partial charge is 0.416 e. The number of hydrogen-bond donors (Lipinski definition) is 1. The minimum absolute atomic E-state index is 0.0333. The number of aromatic nitrogens is 1. The van der Waals surface area contributed by atoms with Gasteiger partial charge < -0.3 is 19.5 Å². The quantitative estimate of drug-likeness (QED) is 0.141. The number of benzene rings is 2. The van der Waals surface area contributed by atoms with Crippen LogP contribution in [0.5, 0.6) is 0 Å². The van der Waals surface area contributed by atoms with Crippen molar-refractivity contribution in [1.29, 1.82) is 0 Å². The number of halogens is 6. The molecule has 0 bridgehead atoms. The number of carbonyl (C=O) groups is 1. The molecular formula is C32H37F6N5O3. The predicted molar refractivity (Wildman–Crippen MR) is 161 cm³/mol. The van der Waals surface area contributed by atoms with E-state index in [9.17, 15) is 31.1 Å². The van der Waals surface area contributed by atoms with Crippen LogP contribution < -0.4 is 0 Å². The highest BCUT2D eigenvalue weighted by atomic mass is 19.4. The minimum Gasteiger partial charge on any atom is -0.394 e. The molecule has 2 aliphatic rings. The highest BCUT2D eigenvalue weighted by Gasteiger charge is 2.39. The molecule has 14 heteroatoms. The number of fused-ring (bicyclic) bond motifs is 1. The van der Waals surface area contributed by atoms with Crippen molar-refractivity contribution < 1.29 is 40.7 Å². The number of hydrogen-bond acceptors (Lipinski definition) is 6. The number of aryl methyl sites for hydroxylation is 1. The molecule has 5 rings (SSSR count). The second-order valence-electron chi connectivity index (χ2n) is 11.9. The summed E-state index contributed by atoms with van der Waals surface area (Å²) < 4.78 is 86.9. The fourth-order valence-electron chi connectivity index (χ4n) is 5.97. The van der Waals surface area contributed by atoms with Crippen LogP contribution >= 0.6 is 0 Å². The van der Waals surface area contributed by atoms with Crippen LogP contribution in [0.25, 0.3) is 10.9 Å². The van der Waals surface area contributed by atoms with Crippen LogP contribution in [-0.2, 0) is 28.3 Å². The van der Waals surface area contributed by atoms with Crippen molar-refractivity contribution in [3.8, 4) is 0 Å². The maximum atomic E-state index is 13.8. The van der Waals surface area contributed by atoms with E-state index < -0.39 is 41.0 Å². The van der Waals surface area contributed by atoms with Crippen molar-refractivity contribution in [2.24, 2.45) is 5.16 Å². The third-order valence-electron chi connectivity index (χ3n) is 8.32. The number of morpholine rings is 1. The summed E-state index contributed by atoms with van der Waals surface area (Å²) in [6, 6.07) is 6.39. The number of carbonyl (C=O) groups excluding carboxylic acids is 1. The highest BCUT2D eigenvalue weighted by Crippen LogP contribution is 2.37. The molecule has 1 amide bonds. The van der Waals surface area contributed by atoms with Crippen LogP contribution in [0.3, 0.4) is 0 Å². The summed E-state index contributed by atoms with van der Waals surface area (Å²) in [6.45, 7) is 9.17. The Bertz CT molecular complexity index is 1510. The van der Waals surface area contributed by atoms with Crippen LogP contribution in [-0.4, -0.2) is 103 Å². The predicted octanol–water partition coefficient (Wildman–Crippen LogP) is 5.61. The average molecular weight is 654 g/mol. The second kappa shape index (κ2) is 14.0. The van der Waals surface area contributed by atoms with Crippen LogP contribution in [0.1, 0.15) is 39.5 Å². The zero-order valence-electron chi connectivity index (χ0n) is 25.7. The van der Waals surface area contributed by atoms with E-state index in [4.69, 9.17) is 9.57 Å². The normalized spacial score (nSPS) is 19.2. The number of nitrogens with zero attached hydrogens (tertiary/aromatic N) is 4. The molecule has 3 heterocycles. The van der Waals surface area contributed by atoms with Gasteiger partial charge in [-0.05, 0) is 56.2 Å². The summed E-state index contributed by atoms with van der Waals surface area (Å²) in [5.74, 6) is -0.880. The van der Waals surface area contributed by atoms with Crippen LogP contribution in [0, 0.1) is 6.92 Å². The van der Waals surface area contributed by atoms with Crippen molar-refractivity contribution in [2.75, 3.05) is 65.6 Å². The van der Waals surface area contributed by atoms with Crippen LogP contribution in [0.4, 0.5) is 26.3 Å². The first-order valence-electron chi connectivity index (χ1n) is 15.1. The maximum absolute atomic E-state index is 13.8. The van der Waals surface area contributed by atoms with Gasteiger partial charge in [-0.15, -0.1) is 0 Å². The lowest BCUT2D eigenvalue weighted by Crippen LogP contribution is -2.56. The van der Waals surface area contributed by atoms with Gasteiger partial charge in [0, 0.05) is 74.5 Å². The lowest BCUT2D eigenvalue weighted by molar-refractivity contribution is -0.143. The van der Waals surface area contributed by atoms with Gasteiger partial charge in [0.1, 0.15) is 6.61 Å². The molecule has 1 aromatic heterocycles. The Morgan fingerprint density at radius 3 is 2.35 bits per heavy atom. The molecule has 1 atom stereocenters. The third-order valence-corrected chi connectivity index (χ3v) is 8.32. The lowest BCUT2D eigenvalue weighted by Gasteiger charge is -2.41. The summed E-state index contributed by atoms with van der Waals surface area (Å²) in [7, 11) is 0. The molecule has 8 nitrogen and oxygen atoms in total. The molecule has 46 heavy (non-hydrogen) atoms. The number of rotatable bonds is 9. The van der Waals surface area contributed by atoms with Crippen LogP contribution in [0.15, 0.2) is 47.8 Å². The smallest absolute Gasteiger partial charge is 0.394 e. The van der Waals surface area contributed by atoms with E-state index in [1.165, 1.54) is 4.90 Å². The van der Waals surface area contributed by atoms with E-state index in [-0.39, 0.29) is 12.6 Å². The van der Waals surface area contributed by atoms with Gasteiger partial charge in [-0.1, -0.05) is 16.8 Å². The Morgan fingerprint density at radius 2 is 1.67 bits per heavy atom. The van der Waals surface area contributed by atoms with Gasteiger partial charge >= 0.3 is 12.4 Å². The van der Waals surface area contributed by atoms with E-state index in [1.54, 1.807) is 0 Å². The fourth-order valence-corrected chi connectivity index (χ4v) is 5.97. The summed E-state index contributed by atoms with van der Waals surface area (Å²) in [5.41, 5.74) is -0.188. The number of nitrogens with one attached hydrogen (secondary N) is 1. The summed E-state index contributed by atoms with van der Waals surface area (Å²) >= 11 is 0. The molecule has 1 unspecified atom stereocenters. The topological polar surface area (TPSA) is 73.4 Å². The Balaban J connectivity index is 1.36. The second-order valence-corrected chi connectivity index (χ2v) is 11.9. The molecule has 0 spiro atoms. The zero-order chi connectivity index (χ0) is 33.1. The average Bonchev–Trinajstić information content (AvgIpc) is 3.40. The number of piperazine rings is 1. The first kappa shape index (κ1) is 33.7. The van der Waals surface area contributed by atoms with Crippen molar-refractivity contribution in [3.05, 3.63) is 70.4 Å². The monoisotopic (exact) mass is 653 g/mol. The van der Waals surface area contributed by atoms with Crippen molar-refractivity contribution in [3.63, 3.8) is 0 Å². The summed E-state index contributed by atoms with van der Waals surface area (Å²) in [6.07, 6.45) is -7.95. The molecule has 1 N–H and O–H groups in total. The van der Waals surface area contributed by atoms with Gasteiger partial charge in [0.15, 0.2) is 0 Å². The van der Waals surface area contributed by atoms with Crippen molar-refractivity contribution in [2.45, 2.75) is 38.7 Å². The number of H-pyrrole nitrogens is 1. The highest BCUT2D eigenvalue weighted by molar-refractivity contribution is 5.95. The molecule has 3 aromatic rings. The zero-order valence-corrected chi connectivity index (χ0v) is 25.7. The van der Waals surface area contributed by atoms with Gasteiger partial charge in [-0.3, -0.25) is 14.6 Å². The number of amides is 1. The molecule has 2 saturated heterocycles. The van der Waals surface area contributed by atoms with Crippen LogP contribution in [0.2, 0.25) is 0 Å². The molecular weight excluding hydrogens is 616 g/mol.